The van der Waals surface area contributed by atoms with Crippen molar-refractivity contribution in [1.29, 1.82) is 5.26 Å². The lowest BCUT2D eigenvalue weighted by Crippen LogP contribution is -2.37. The van der Waals surface area contributed by atoms with Crippen molar-refractivity contribution in [3.05, 3.63) is 57.8 Å². The largest absolute Gasteiger partial charge is 0.442 e. The van der Waals surface area contributed by atoms with Crippen molar-refractivity contribution in [2.75, 3.05) is 38.2 Å². The van der Waals surface area contributed by atoms with Gasteiger partial charge in [-0.1, -0.05) is 0 Å². The van der Waals surface area contributed by atoms with Gasteiger partial charge in [0.2, 0.25) is 5.71 Å². The Balaban J connectivity index is 0.00000289. The highest BCUT2D eigenvalue weighted by Gasteiger charge is 2.23. The van der Waals surface area contributed by atoms with Gasteiger partial charge < -0.3 is 14.5 Å². The summed E-state index contributed by atoms with van der Waals surface area (Å²) in [4.78, 5) is 32.6. The number of amides is 1. The first-order chi connectivity index (χ1) is 15.1. The van der Waals surface area contributed by atoms with E-state index in [4.69, 9.17) is 14.4 Å². The molecule has 2 aromatic heterocycles. The van der Waals surface area contributed by atoms with E-state index in [0.717, 1.165) is 39.3 Å². The van der Waals surface area contributed by atoms with E-state index < -0.39 is 5.91 Å². The van der Waals surface area contributed by atoms with Gasteiger partial charge in [0, 0.05) is 31.9 Å². The summed E-state index contributed by atoms with van der Waals surface area (Å²) in [5, 5.41) is 11.8. The Kier molecular flexibility index (Phi) is 7.64. The second kappa shape index (κ2) is 10.4. The number of hydrogen-bond donors (Lipinski definition) is 1. The molecule has 0 saturated carbocycles. The maximum absolute atomic E-state index is 13.1. The van der Waals surface area contributed by atoms with Crippen LogP contribution in [-0.2, 0) is 11.3 Å². The Morgan fingerprint density at radius 1 is 1.22 bits per heavy atom. The Bertz CT molecular complexity index is 1190. The van der Waals surface area contributed by atoms with Crippen LogP contribution < -0.4 is 10.9 Å². The van der Waals surface area contributed by atoms with Crippen LogP contribution in [0.1, 0.15) is 28.1 Å². The molecule has 4 rings (SSSR count). The van der Waals surface area contributed by atoms with Crippen molar-refractivity contribution in [1.82, 2.24) is 14.5 Å². The van der Waals surface area contributed by atoms with E-state index in [1.165, 1.54) is 10.9 Å². The molecule has 0 bridgehead atoms. The Morgan fingerprint density at radius 3 is 2.62 bits per heavy atom. The van der Waals surface area contributed by atoms with E-state index in [1.54, 1.807) is 31.2 Å². The number of hydrogen-bond acceptors (Lipinski definition) is 7. The smallest absolute Gasteiger partial charge is 0.265 e. The summed E-state index contributed by atoms with van der Waals surface area (Å²) in [6, 6.07) is 8.52. The minimum Gasteiger partial charge on any atom is -0.442 e. The quantitative estimate of drug-likeness (QED) is 0.605. The summed E-state index contributed by atoms with van der Waals surface area (Å²) < 4.78 is 12.5. The number of morpholine rings is 1. The zero-order chi connectivity index (χ0) is 21.8. The summed E-state index contributed by atoms with van der Waals surface area (Å²) in [5.74, 6) is -0.122. The normalized spacial score (nSPS) is 14.0. The molecular formula is C22H24ClN5O4. The van der Waals surface area contributed by atoms with Crippen molar-refractivity contribution in [3.8, 4) is 6.07 Å². The molecule has 10 heteroatoms. The second-order valence-corrected chi connectivity index (χ2v) is 7.41. The molecule has 1 amide bonds. The Hall–Kier alpha value is -3.19. The van der Waals surface area contributed by atoms with Crippen LogP contribution in [0.5, 0.6) is 0 Å². The van der Waals surface area contributed by atoms with Gasteiger partial charge in [-0.05, 0) is 37.6 Å². The molecule has 32 heavy (non-hydrogen) atoms. The molecule has 3 heterocycles. The van der Waals surface area contributed by atoms with Crippen LogP contribution in [0, 0.1) is 18.3 Å². The second-order valence-electron chi connectivity index (χ2n) is 7.41. The van der Waals surface area contributed by atoms with Gasteiger partial charge in [-0.25, -0.2) is 4.98 Å². The molecule has 0 aliphatic carbocycles. The number of aryl methyl sites for hydroxylation is 2. The van der Waals surface area contributed by atoms with Gasteiger partial charge >= 0.3 is 0 Å². The lowest BCUT2D eigenvalue weighted by molar-refractivity contribution is 0.0369. The number of halogens is 1. The van der Waals surface area contributed by atoms with Crippen molar-refractivity contribution < 1.29 is 13.9 Å². The molecule has 9 nitrogen and oxygen atoms in total. The highest BCUT2D eigenvalue weighted by molar-refractivity contribution is 6.12. The molecule has 0 radical (unpaired) electrons. The van der Waals surface area contributed by atoms with E-state index in [9.17, 15) is 9.59 Å². The standard InChI is InChI=1S/C22H23N5O4.ClH/c1-15-18(20(28)25-17-5-3-16(13-23)4-6-17)19-21(31-15)24-14-27(22(19)29)8-2-7-26-9-11-30-12-10-26;/h3-6,14H,2,7-12H2,1H3,(H,25,28);1H. The average Bonchev–Trinajstić information content (AvgIpc) is 3.13. The van der Waals surface area contributed by atoms with Crippen molar-refractivity contribution in [3.63, 3.8) is 0 Å². The summed E-state index contributed by atoms with van der Waals surface area (Å²) in [6.45, 7) is 6.26. The zero-order valence-electron chi connectivity index (χ0n) is 17.7. The molecule has 0 unspecified atom stereocenters. The van der Waals surface area contributed by atoms with Crippen LogP contribution in [0.3, 0.4) is 0 Å². The van der Waals surface area contributed by atoms with Crippen molar-refractivity contribution in [2.45, 2.75) is 19.9 Å². The first kappa shape index (κ1) is 23.5. The van der Waals surface area contributed by atoms with Crippen LogP contribution in [0.2, 0.25) is 0 Å². The van der Waals surface area contributed by atoms with Gasteiger partial charge in [-0.3, -0.25) is 19.1 Å². The Labute approximate surface area is 191 Å². The molecule has 1 fully saturated rings. The number of nitrogens with one attached hydrogen (secondary N) is 1. The number of rotatable bonds is 6. The van der Waals surface area contributed by atoms with E-state index in [1.807, 2.05) is 6.07 Å². The lowest BCUT2D eigenvalue weighted by atomic mass is 10.1. The average molecular weight is 458 g/mol. The van der Waals surface area contributed by atoms with E-state index in [2.05, 4.69) is 15.2 Å². The molecule has 0 atom stereocenters. The number of fused-ring (bicyclic) bond motifs is 1. The third-order valence-corrected chi connectivity index (χ3v) is 5.33. The molecule has 1 aliphatic heterocycles. The highest BCUT2D eigenvalue weighted by Crippen LogP contribution is 2.22. The number of furan rings is 1. The minimum atomic E-state index is -0.453. The number of aromatic nitrogens is 2. The molecular weight excluding hydrogens is 434 g/mol. The Morgan fingerprint density at radius 2 is 1.94 bits per heavy atom. The van der Waals surface area contributed by atoms with Crippen LogP contribution in [0.15, 0.2) is 39.8 Å². The van der Waals surface area contributed by atoms with Gasteiger partial charge in [-0.2, -0.15) is 5.26 Å². The highest BCUT2D eigenvalue weighted by atomic mass is 35.5. The van der Waals surface area contributed by atoms with Crippen LogP contribution >= 0.6 is 12.4 Å². The third-order valence-electron chi connectivity index (χ3n) is 5.33. The fourth-order valence-electron chi connectivity index (χ4n) is 3.68. The number of benzene rings is 1. The first-order valence-corrected chi connectivity index (χ1v) is 10.2. The van der Waals surface area contributed by atoms with E-state index >= 15 is 0 Å². The fourth-order valence-corrected chi connectivity index (χ4v) is 3.68. The zero-order valence-corrected chi connectivity index (χ0v) is 18.5. The molecule has 1 aromatic carbocycles. The molecule has 1 aliphatic rings. The molecule has 168 valence electrons. The number of anilines is 1. The predicted molar refractivity (Wildman–Crippen MR) is 121 cm³/mol. The van der Waals surface area contributed by atoms with Crippen molar-refractivity contribution >= 4 is 35.1 Å². The van der Waals surface area contributed by atoms with Gasteiger partial charge in [0.15, 0.2) is 0 Å². The van der Waals surface area contributed by atoms with Crippen molar-refractivity contribution in [2.24, 2.45) is 0 Å². The van der Waals surface area contributed by atoms with Gasteiger partial charge in [0.05, 0.1) is 30.4 Å². The number of carbonyl (C=O) groups excluding carboxylic acids is 1. The summed E-state index contributed by atoms with van der Waals surface area (Å²) in [7, 11) is 0. The number of nitrogens with zero attached hydrogens (tertiary/aromatic N) is 4. The first-order valence-electron chi connectivity index (χ1n) is 10.2. The number of nitriles is 1. The van der Waals surface area contributed by atoms with E-state index in [0.29, 0.717) is 23.6 Å². The van der Waals surface area contributed by atoms with Crippen LogP contribution in [-0.4, -0.2) is 53.2 Å². The van der Waals surface area contributed by atoms with Gasteiger partial charge in [0.25, 0.3) is 11.5 Å². The monoisotopic (exact) mass is 457 g/mol. The van der Waals surface area contributed by atoms with Gasteiger partial charge in [-0.15, -0.1) is 12.4 Å². The predicted octanol–water partition coefficient (Wildman–Crippen LogP) is 2.57. The molecule has 1 saturated heterocycles. The summed E-state index contributed by atoms with van der Waals surface area (Å²) in [6.07, 6.45) is 2.26. The molecule has 3 aromatic rings. The summed E-state index contributed by atoms with van der Waals surface area (Å²) in [5.41, 5.74) is 1.05. The summed E-state index contributed by atoms with van der Waals surface area (Å²) >= 11 is 0. The van der Waals surface area contributed by atoms with Crippen LogP contribution in [0.4, 0.5) is 5.69 Å². The van der Waals surface area contributed by atoms with Gasteiger partial charge in [0.1, 0.15) is 17.5 Å². The van der Waals surface area contributed by atoms with Crippen LogP contribution in [0.25, 0.3) is 11.1 Å². The SMILES string of the molecule is Cc1oc2ncn(CCCN3CCOCC3)c(=O)c2c1C(=O)Nc1ccc(C#N)cc1.Cl. The maximum atomic E-state index is 13.1. The number of ether oxygens (including phenoxy) is 1. The molecule has 0 spiro atoms. The fraction of sp³-hybridized carbons (Fsp3) is 0.364. The third kappa shape index (κ3) is 4.99. The molecule has 1 N–H and O–H groups in total. The topological polar surface area (TPSA) is 113 Å². The maximum Gasteiger partial charge on any atom is 0.265 e. The number of carbonyl (C=O) groups is 1. The lowest BCUT2D eigenvalue weighted by Gasteiger charge is -2.26. The van der Waals surface area contributed by atoms with E-state index in [-0.39, 0.29) is 34.6 Å². The minimum absolute atomic E-state index is 0.